The predicted molar refractivity (Wildman–Crippen MR) is 77.1 cm³/mol. The van der Waals surface area contributed by atoms with Crippen LogP contribution in [0.25, 0.3) is 6.08 Å². The molecule has 1 heterocycles. The van der Waals surface area contributed by atoms with E-state index in [4.69, 9.17) is 5.11 Å². The van der Waals surface area contributed by atoms with Gasteiger partial charge in [-0.2, -0.15) is 0 Å². The van der Waals surface area contributed by atoms with Crippen molar-refractivity contribution in [2.24, 2.45) is 0 Å². The molecule has 0 fully saturated rings. The second-order valence-electron chi connectivity index (χ2n) is 4.20. The maximum Gasteiger partial charge on any atom is 0.303 e. The van der Waals surface area contributed by atoms with Crippen LogP contribution in [0.2, 0.25) is 0 Å². The highest BCUT2D eigenvalue weighted by atomic mass is 32.1. The van der Waals surface area contributed by atoms with Gasteiger partial charge < -0.3 is 10.4 Å². The minimum Gasteiger partial charge on any atom is -0.481 e. The molecule has 104 valence electrons. The molecule has 0 radical (unpaired) electrons. The van der Waals surface area contributed by atoms with Crippen molar-refractivity contribution in [3.05, 3.63) is 28.5 Å². The van der Waals surface area contributed by atoms with E-state index in [0.717, 1.165) is 24.1 Å². The zero-order chi connectivity index (χ0) is 13.9. The lowest BCUT2D eigenvalue weighted by Crippen LogP contribution is -2.21. The molecule has 0 spiro atoms. The lowest BCUT2D eigenvalue weighted by molar-refractivity contribution is -0.137. The summed E-state index contributed by atoms with van der Waals surface area (Å²) in [5, 5.41) is 13.2. The predicted octanol–water partition coefficient (Wildman–Crippen LogP) is 2.91. The summed E-state index contributed by atoms with van der Waals surface area (Å²) in [6.45, 7) is 0.640. The first-order valence-electron chi connectivity index (χ1n) is 6.39. The summed E-state index contributed by atoms with van der Waals surface area (Å²) >= 11 is 1.59. The minimum atomic E-state index is -0.744. The van der Waals surface area contributed by atoms with Gasteiger partial charge in [0.15, 0.2) is 0 Å². The largest absolute Gasteiger partial charge is 0.481 e. The van der Waals surface area contributed by atoms with Crippen LogP contribution in [-0.2, 0) is 9.59 Å². The van der Waals surface area contributed by atoms with Crippen molar-refractivity contribution in [3.8, 4) is 0 Å². The number of carboxylic acids is 1. The standard InChI is InChI=1S/C14H19NO3S/c16-13(9-8-12-6-5-11-19-12)15-10-4-2-1-3-7-14(17)18/h5-6,8-9,11H,1-4,7,10H2,(H,15,16)(H,17,18)/b9-8+. The molecule has 0 bridgehead atoms. The van der Waals surface area contributed by atoms with Crippen LogP contribution in [0.4, 0.5) is 0 Å². The summed E-state index contributed by atoms with van der Waals surface area (Å²) in [4.78, 5) is 22.8. The topological polar surface area (TPSA) is 66.4 Å². The first-order valence-corrected chi connectivity index (χ1v) is 7.27. The van der Waals surface area contributed by atoms with Gasteiger partial charge in [0.25, 0.3) is 0 Å². The molecule has 5 heteroatoms. The number of amides is 1. The molecule has 2 N–H and O–H groups in total. The van der Waals surface area contributed by atoms with Crippen LogP contribution in [0, 0.1) is 0 Å². The highest BCUT2D eigenvalue weighted by Gasteiger charge is 1.98. The zero-order valence-corrected chi connectivity index (χ0v) is 11.6. The van der Waals surface area contributed by atoms with Gasteiger partial charge in [0, 0.05) is 23.9 Å². The summed E-state index contributed by atoms with van der Waals surface area (Å²) in [5.41, 5.74) is 0. The Morgan fingerprint density at radius 1 is 1.26 bits per heavy atom. The number of unbranched alkanes of at least 4 members (excludes halogenated alkanes) is 3. The second-order valence-corrected chi connectivity index (χ2v) is 5.18. The van der Waals surface area contributed by atoms with Gasteiger partial charge in [-0.05, 0) is 30.4 Å². The van der Waals surface area contributed by atoms with Crippen LogP contribution in [0.5, 0.6) is 0 Å². The summed E-state index contributed by atoms with van der Waals surface area (Å²) in [6.07, 6.45) is 7.01. The van der Waals surface area contributed by atoms with Crippen LogP contribution >= 0.6 is 11.3 Å². The van der Waals surface area contributed by atoms with Gasteiger partial charge in [-0.15, -0.1) is 11.3 Å². The average Bonchev–Trinajstić information content (AvgIpc) is 2.88. The van der Waals surface area contributed by atoms with Crippen molar-refractivity contribution in [1.82, 2.24) is 5.32 Å². The van der Waals surface area contributed by atoms with Crippen molar-refractivity contribution in [2.45, 2.75) is 32.1 Å². The molecule has 19 heavy (non-hydrogen) atoms. The normalized spacial score (nSPS) is 10.7. The molecule has 0 aromatic carbocycles. The highest BCUT2D eigenvalue weighted by Crippen LogP contribution is 2.09. The van der Waals surface area contributed by atoms with Gasteiger partial charge in [0.05, 0.1) is 0 Å². The smallest absolute Gasteiger partial charge is 0.303 e. The Labute approximate surface area is 117 Å². The van der Waals surface area contributed by atoms with Gasteiger partial charge in [0.1, 0.15) is 0 Å². The molecular formula is C14H19NO3S. The Hall–Kier alpha value is -1.62. The maximum atomic E-state index is 11.4. The highest BCUT2D eigenvalue weighted by molar-refractivity contribution is 7.10. The molecule has 4 nitrogen and oxygen atoms in total. The number of hydrogen-bond donors (Lipinski definition) is 2. The Bertz CT molecular complexity index is 412. The quantitative estimate of drug-likeness (QED) is 0.540. The molecule has 1 aromatic rings. The summed E-state index contributed by atoms with van der Waals surface area (Å²) in [7, 11) is 0. The fourth-order valence-corrected chi connectivity index (χ4v) is 2.19. The van der Waals surface area contributed by atoms with Crippen molar-refractivity contribution in [2.75, 3.05) is 6.54 Å². The van der Waals surface area contributed by atoms with Crippen LogP contribution in [0.15, 0.2) is 23.6 Å². The van der Waals surface area contributed by atoms with Crippen molar-refractivity contribution in [3.63, 3.8) is 0 Å². The molecule has 0 saturated heterocycles. The number of thiophene rings is 1. The van der Waals surface area contributed by atoms with Gasteiger partial charge in [-0.1, -0.05) is 18.9 Å². The maximum absolute atomic E-state index is 11.4. The fraction of sp³-hybridized carbons (Fsp3) is 0.429. The van der Waals surface area contributed by atoms with E-state index in [2.05, 4.69) is 5.32 Å². The summed E-state index contributed by atoms with van der Waals surface area (Å²) in [5.74, 6) is -0.828. The van der Waals surface area contributed by atoms with E-state index in [0.29, 0.717) is 13.0 Å². The third-order valence-electron chi connectivity index (χ3n) is 2.56. The molecule has 0 aliphatic rings. The third kappa shape index (κ3) is 8.15. The summed E-state index contributed by atoms with van der Waals surface area (Å²) < 4.78 is 0. The number of nitrogens with one attached hydrogen (secondary N) is 1. The molecule has 0 saturated carbocycles. The first-order chi connectivity index (χ1) is 9.18. The molecule has 0 aliphatic carbocycles. The van der Waals surface area contributed by atoms with Crippen molar-refractivity contribution < 1.29 is 14.7 Å². The molecule has 0 aliphatic heterocycles. The van der Waals surface area contributed by atoms with Gasteiger partial charge >= 0.3 is 5.97 Å². The first kappa shape index (κ1) is 15.4. The number of aliphatic carboxylic acids is 1. The lowest BCUT2D eigenvalue weighted by atomic mass is 10.1. The number of carbonyl (C=O) groups excluding carboxylic acids is 1. The Morgan fingerprint density at radius 2 is 2.05 bits per heavy atom. The van der Waals surface area contributed by atoms with E-state index < -0.39 is 5.97 Å². The SMILES string of the molecule is O=C(O)CCCCCCNC(=O)/C=C/c1cccs1. The van der Waals surface area contributed by atoms with E-state index in [1.165, 1.54) is 6.08 Å². The zero-order valence-electron chi connectivity index (χ0n) is 10.8. The monoisotopic (exact) mass is 281 g/mol. The van der Waals surface area contributed by atoms with Gasteiger partial charge in [-0.3, -0.25) is 9.59 Å². The molecule has 0 atom stereocenters. The molecular weight excluding hydrogens is 262 g/mol. The second kappa shape index (κ2) is 9.33. The van der Waals surface area contributed by atoms with E-state index in [1.807, 2.05) is 17.5 Å². The third-order valence-corrected chi connectivity index (χ3v) is 3.40. The van der Waals surface area contributed by atoms with Crippen molar-refractivity contribution >= 4 is 29.3 Å². The van der Waals surface area contributed by atoms with Crippen LogP contribution in [-0.4, -0.2) is 23.5 Å². The molecule has 1 amide bonds. The lowest BCUT2D eigenvalue weighted by Gasteiger charge is -2.01. The number of carbonyl (C=O) groups is 2. The molecule has 1 rings (SSSR count). The minimum absolute atomic E-state index is 0.0843. The fourth-order valence-electron chi connectivity index (χ4n) is 1.57. The Balaban J connectivity index is 2.00. The number of hydrogen-bond acceptors (Lipinski definition) is 3. The van der Waals surface area contributed by atoms with E-state index in [1.54, 1.807) is 17.4 Å². The molecule has 0 unspecified atom stereocenters. The van der Waals surface area contributed by atoms with Crippen LogP contribution in [0.1, 0.15) is 37.0 Å². The number of carboxylic acid groups (broad SMARTS) is 1. The van der Waals surface area contributed by atoms with Gasteiger partial charge in [0.2, 0.25) is 5.91 Å². The van der Waals surface area contributed by atoms with Crippen molar-refractivity contribution in [1.29, 1.82) is 0 Å². The summed E-state index contributed by atoms with van der Waals surface area (Å²) in [6, 6.07) is 3.90. The van der Waals surface area contributed by atoms with Gasteiger partial charge in [-0.25, -0.2) is 0 Å². The Morgan fingerprint density at radius 3 is 2.74 bits per heavy atom. The average molecular weight is 281 g/mol. The molecule has 1 aromatic heterocycles. The van der Waals surface area contributed by atoms with E-state index >= 15 is 0 Å². The van der Waals surface area contributed by atoms with Crippen LogP contribution in [0.3, 0.4) is 0 Å². The number of rotatable bonds is 9. The van der Waals surface area contributed by atoms with E-state index in [9.17, 15) is 9.59 Å². The van der Waals surface area contributed by atoms with E-state index in [-0.39, 0.29) is 12.3 Å². The Kier molecular flexibility index (Phi) is 7.58. The van der Waals surface area contributed by atoms with Crippen LogP contribution < -0.4 is 5.32 Å².